The van der Waals surface area contributed by atoms with Crippen LogP contribution in [-0.2, 0) is 6.54 Å². The number of pyridine rings is 1. The van der Waals surface area contributed by atoms with Crippen LogP contribution in [0.1, 0.15) is 26.7 Å². The van der Waals surface area contributed by atoms with Gasteiger partial charge in [0, 0.05) is 24.1 Å². The molecule has 23 heavy (non-hydrogen) atoms. The van der Waals surface area contributed by atoms with Gasteiger partial charge in [0.1, 0.15) is 0 Å². The van der Waals surface area contributed by atoms with Crippen LogP contribution in [0.5, 0.6) is 11.5 Å². The molecule has 0 unspecified atom stereocenters. The molecule has 0 aliphatic rings. The lowest BCUT2D eigenvalue weighted by Gasteiger charge is -2.16. The van der Waals surface area contributed by atoms with Gasteiger partial charge in [-0.1, -0.05) is 13.3 Å². The van der Waals surface area contributed by atoms with E-state index in [1.54, 1.807) is 13.0 Å². The average molecular weight is 320 g/mol. The molecule has 0 aliphatic heterocycles. The van der Waals surface area contributed by atoms with Crippen molar-refractivity contribution in [2.45, 2.75) is 33.2 Å². The van der Waals surface area contributed by atoms with Gasteiger partial charge in [0.25, 0.3) is 11.2 Å². The van der Waals surface area contributed by atoms with E-state index in [0.29, 0.717) is 29.8 Å². The van der Waals surface area contributed by atoms with Crippen molar-refractivity contribution in [1.82, 2.24) is 4.57 Å². The summed E-state index contributed by atoms with van der Waals surface area (Å²) in [6.07, 6.45) is 1.80. The fraction of sp³-hybridized carbons (Fsp3) is 0.438. The maximum atomic E-state index is 12.6. The number of methoxy groups -OCH3 is 1. The Kier molecular flexibility index (Phi) is 5.20. The molecular formula is C16H20N2O5. The zero-order valence-electron chi connectivity index (χ0n) is 13.5. The van der Waals surface area contributed by atoms with Crippen molar-refractivity contribution in [1.29, 1.82) is 0 Å². The van der Waals surface area contributed by atoms with E-state index in [9.17, 15) is 14.9 Å². The molecule has 0 saturated heterocycles. The smallest absolute Gasteiger partial charge is 0.297 e. The first-order valence-electron chi connectivity index (χ1n) is 7.56. The van der Waals surface area contributed by atoms with Gasteiger partial charge in [0.15, 0.2) is 5.75 Å². The lowest BCUT2D eigenvalue weighted by atomic mass is 10.1. The summed E-state index contributed by atoms with van der Waals surface area (Å²) in [5, 5.41) is 11.6. The topological polar surface area (TPSA) is 83.6 Å². The molecule has 0 bridgehead atoms. The Hall–Kier alpha value is -2.57. The quantitative estimate of drug-likeness (QED) is 0.444. The molecule has 7 heteroatoms. The summed E-state index contributed by atoms with van der Waals surface area (Å²) in [6.45, 7) is 4.67. The maximum Gasteiger partial charge on any atom is 0.297 e. The van der Waals surface area contributed by atoms with Gasteiger partial charge in [-0.3, -0.25) is 14.9 Å². The van der Waals surface area contributed by atoms with Crippen molar-refractivity contribution < 1.29 is 14.4 Å². The SMILES string of the molecule is CCCCOc1c(OC)c(=O)n(CC)c2cc([N+](=O)[O-])ccc12. The third-order valence-corrected chi connectivity index (χ3v) is 3.64. The number of aryl methyl sites for hydroxylation is 1. The van der Waals surface area contributed by atoms with E-state index in [1.165, 1.54) is 23.8 Å². The maximum absolute atomic E-state index is 12.6. The van der Waals surface area contributed by atoms with Crippen LogP contribution in [0, 0.1) is 10.1 Å². The number of hydrogen-bond donors (Lipinski definition) is 0. The zero-order valence-corrected chi connectivity index (χ0v) is 13.5. The van der Waals surface area contributed by atoms with E-state index in [1.807, 2.05) is 6.92 Å². The highest BCUT2D eigenvalue weighted by molar-refractivity contribution is 5.89. The standard InChI is InChI=1S/C16H20N2O5/c1-4-6-9-23-14-12-8-7-11(18(20)21)10-13(12)17(5-2)16(19)15(14)22-3/h7-8,10H,4-6,9H2,1-3H3. The molecule has 7 nitrogen and oxygen atoms in total. The van der Waals surface area contributed by atoms with Crippen LogP contribution in [0.3, 0.4) is 0 Å². The number of nitro benzene ring substituents is 1. The first-order valence-corrected chi connectivity index (χ1v) is 7.56. The number of fused-ring (bicyclic) bond motifs is 1. The van der Waals surface area contributed by atoms with Gasteiger partial charge >= 0.3 is 0 Å². The van der Waals surface area contributed by atoms with Gasteiger partial charge in [-0.05, 0) is 19.4 Å². The molecule has 0 fully saturated rings. The van der Waals surface area contributed by atoms with Crippen LogP contribution in [0.2, 0.25) is 0 Å². The van der Waals surface area contributed by atoms with Crippen LogP contribution in [0.25, 0.3) is 10.9 Å². The summed E-state index contributed by atoms with van der Waals surface area (Å²) in [5.41, 5.74) is 0.0530. The molecule has 1 aromatic heterocycles. The molecule has 2 rings (SSSR count). The van der Waals surface area contributed by atoms with Crippen LogP contribution in [0.4, 0.5) is 5.69 Å². The number of nitrogens with zero attached hydrogens (tertiary/aromatic N) is 2. The van der Waals surface area contributed by atoms with Gasteiger partial charge in [0.2, 0.25) is 5.75 Å². The summed E-state index contributed by atoms with van der Waals surface area (Å²) >= 11 is 0. The zero-order chi connectivity index (χ0) is 17.0. The van der Waals surface area contributed by atoms with Gasteiger partial charge in [-0.25, -0.2) is 0 Å². The third-order valence-electron chi connectivity index (χ3n) is 3.64. The fourth-order valence-corrected chi connectivity index (χ4v) is 2.46. The molecule has 1 heterocycles. The number of non-ortho nitro benzene ring substituents is 1. The second kappa shape index (κ2) is 7.13. The lowest BCUT2D eigenvalue weighted by Crippen LogP contribution is -2.22. The Morgan fingerprint density at radius 2 is 2.00 bits per heavy atom. The first kappa shape index (κ1) is 16.8. The first-order chi connectivity index (χ1) is 11.0. The third kappa shape index (κ3) is 3.13. The summed E-state index contributed by atoms with van der Waals surface area (Å²) in [5.74, 6) is 0.477. The summed E-state index contributed by atoms with van der Waals surface area (Å²) in [6, 6.07) is 4.40. The number of rotatable bonds is 7. The Balaban J connectivity index is 2.76. The van der Waals surface area contributed by atoms with Crippen molar-refractivity contribution in [3.8, 4) is 11.5 Å². The molecule has 2 aromatic rings. The minimum absolute atomic E-state index is 0.0659. The molecule has 0 radical (unpaired) electrons. The number of ether oxygens (including phenoxy) is 2. The highest BCUT2D eigenvalue weighted by atomic mass is 16.6. The Labute approximate surface area is 133 Å². The van der Waals surface area contributed by atoms with E-state index in [0.717, 1.165) is 12.8 Å². The summed E-state index contributed by atoms with van der Waals surface area (Å²) < 4.78 is 12.4. The van der Waals surface area contributed by atoms with Crippen molar-refractivity contribution >= 4 is 16.6 Å². The molecule has 0 atom stereocenters. The summed E-state index contributed by atoms with van der Waals surface area (Å²) in [4.78, 5) is 23.1. The predicted octanol–water partition coefficient (Wildman–Crippen LogP) is 3.12. The largest absolute Gasteiger partial charge is 0.489 e. The molecule has 124 valence electrons. The number of hydrogen-bond acceptors (Lipinski definition) is 5. The Morgan fingerprint density at radius 1 is 1.26 bits per heavy atom. The predicted molar refractivity (Wildman–Crippen MR) is 87.5 cm³/mol. The number of aromatic nitrogens is 1. The number of benzene rings is 1. The van der Waals surface area contributed by atoms with Crippen LogP contribution < -0.4 is 15.0 Å². The molecule has 0 spiro atoms. The molecule has 1 aromatic carbocycles. The minimum Gasteiger partial charge on any atom is -0.489 e. The molecule has 0 aliphatic carbocycles. The fourth-order valence-electron chi connectivity index (χ4n) is 2.46. The minimum atomic E-state index is -0.480. The van der Waals surface area contributed by atoms with Gasteiger partial charge in [-0.15, -0.1) is 0 Å². The summed E-state index contributed by atoms with van der Waals surface area (Å²) in [7, 11) is 1.42. The van der Waals surface area contributed by atoms with E-state index < -0.39 is 4.92 Å². The van der Waals surface area contributed by atoms with Gasteiger partial charge in [0.05, 0.1) is 24.2 Å². The van der Waals surface area contributed by atoms with Gasteiger partial charge in [-0.2, -0.15) is 0 Å². The van der Waals surface area contributed by atoms with E-state index in [2.05, 4.69) is 0 Å². The number of unbranched alkanes of at least 4 members (excludes halogenated alkanes) is 1. The molecule has 0 amide bonds. The second-order valence-corrected chi connectivity index (χ2v) is 5.07. The van der Waals surface area contributed by atoms with Gasteiger partial charge < -0.3 is 14.0 Å². The monoisotopic (exact) mass is 320 g/mol. The Morgan fingerprint density at radius 3 is 2.57 bits per heavy atom. The Bertz CT molecular complexity index is 782. The number of nitro groups is 1. The van der Waals surface area contributed by atoms with Crippen molar-refractivity contribution in [2.24, 2.45) is 0 Å². The van der Waals surface area contributed by atoms with E-state index in [-0.39, 0.29) is 17.0 Å². The van der Waals surface area contributed by atoms with E-state index >= 15 is 0 Å². The van der Waals surface area contributed by atoms with Crippen molar-refractivity contribution in [3.63, 3.8) is 0 Å². The average Bonchev–Trinajstić information content (AvgIpc) is 2.54. The normalized spacial score (nSPS) is 10.7. The van der Waals surface area contributed by atoms with Crippen molar-refractivity contribution in [2.75, 3.05) is 13.7 Å². The molecular weight excluding hydrogens is 300 g/mol. The lowest BCUT2D eigenvalue weighted by molar-refractivity contribution is -0.384. The van der Waals surface area contributed by atoms with Crippen LogP contribution in [0.15, 0.2) is 23.0 Å². The van der Waals surface area contributed by atoms with E-state index in [4.69, 9.17) is 9.47 Å². The second-order valence-electron chi connectivity index (χ2n) is 5.07. The highest BCUT2D eigenvalue weighted by Crippen LogP contribution is 2.34. The van der Waals surface area contributed by atoms with Crippen LogP contribution in [-0.4, -0.2) is 23.2 Å². The van der Waals surface area contributed by atoms with Crippen molar-refractivity contribution in [3.05, 3.63) is 38.7 Å². The van der Waals surface area contributed by atoms with Crippen LogP contribution >= 0.6 is 0 Å². The molecule has 0 saturated carbocycles. The highest BCUT2D eigenvalue weighted by Gasteiger charge is 2.20. The molecule has 0 N–H and O–H groups in total.